The number of carboxylic acids is 1. The number of rotatable bonds is 11. The van der Waals surface area contributed by atoms with E-state index in [-0.39, 0.29) is 25.2 Å². The minimum Gasteiger partial charge on any atom is -0.481 e. The molecule has 0 saturated carbocycles. The van der Waals surface area contributed by atoms with Gasteiger partial charge in [-0.05, 0) is 26.9 Å². The highest BCUT2D eigenvalue weighted by atomic mass is 35.5. The van der Waals surface area contributed by atoms with E-state index >= 15 is 0 Å². The summed E-state index contributed by atoms with van der Waals surface area (Å²) in [6.07, 6.45) is 5.42. The quantitative estimate of drug-likeness (QED) is 0.264. The molecule has 0 heterocycles. The highest BCUT2D eigenvalue weighted by Gasteiger charge is 2.23. The van der Waals surface area contributed by atoms with E-state index < -0.39 is 18.0 Å². The zero-order valence-corrected chi connectivity index (χ0v) is 14.1. The van der Waals surface area contributed by atoms with E-state index in [1.165, 1.54) is 12.8 Å². The Labute approximate surface area is 133 Å². The molecule has 0 saturated heterocycles. The number of aliphatic carboxylic acids is 1. The number of hydroxylamine groups is 2. The normalized spacial score (nSPS) is 11.9. The topological polar surface area (TPSA) is 81.1 Å². The Kier molecular flexibility index (Phi) is 13.7. The lowest BCUT2D eigenvalue weighted by molar-refractivity contribution is -0.191. The minimum absolute atomic E-state index is 0. The molecule has 0 aliphatic carbocycles. The Hall–Kier alpha value is -0.850. The smallest absolute Gasteiger partial charge is 0.303 e. The van der Waals surface area contributed by atoms with E-state index in [1.807, 2.05) is 0 Å². The Morgan fingerprint density at radius 3 is 2.10 bits per heavy atom. The second-order valence-electron chi connectivity index (χ2n) is 5.28. The van der Waals surface area contributed by atoms with Crippen molar-refractivity contribution < 1.29 is 19.9 Å². The molecule has 7 heteroatoms. The van der Waals surface area contributed by atoms with Crippen LogP contribution in [0.2, 0.25) is 0 Å². The third kappa shape index (κ3) is 10.5. The number of amides is 1. The van der Waals surface area contributed by atoms with Gasteiger partial charge in [0.25, 0.3) is 0 Å². The van der Waals surface area contributed by atoms with Crippen molar-refractivity contribution >= 4 is 24.3 Å². The summed E-state index contributed by atoms with van der Waals surface area (Å²) in [6.45, 7) is 2.15. The van der Waals surface area contributed by atoms with Crippen molar-refractivity contribution in [3.05, 3.63) is 0 Å². The first-order chi connectivity index (χ1) is 9.40. The predicted molar refractivity (Wildman–Crippen MR) is 83.6 cm³/mol. The third-order valence-electron chi connectivity index (χ3n) is 3.25. The fourth-order valence-corrected chi connectivity index (χ4v) is 2.02. The molecule has 0 radical (unpaired) electrons. The van der Waals surface area contributed by atoms with Gasteiger partial charge in [-0.25, -0.2) is 5.06 Å². The molecule has 0 fully saturated rings. The van der Waals surface area contributed by atoms with E-state index in [9.17, 15) is 14.8 Å². The standard InChI is InChI=1S/C14H28N2O4.ClH/c1-4-5-6-7-8-9-12(15(2)3)16(20)13(17)10-11-14(18)19;/h12,20H,4-11H2,1-3H3,(H,18,19);1H. The molecule has 1 unspecified atom stereocenters. The third-order valence-corrected chi connectivity index (χ3v) is 3.25. The van der Waals surface area contributed by atoms with Crippen LogP contribution in [0.25, 0.3) is 0 Å². The van der Waals surface area contributed by atoms with E-state index in [0.29, 0.717) is 11.5 Å². The lowest BCUT2D eigenvalue weighted by atomic mass is 10.1. The first-order valence-electron chi connectivity index (χ1n) is 7.29. The molecule has 0 spiro atoms. The largest absolute Gasteiger partial charge is 0.481 e. The van der Waals surface area contributed by atoms with Crippen LogP contribution in [0.3, 0.4) is 0 Å². The SMILES string of the molecule is CCCCCCCC(N(C)C)N(O)C(=O)CCC(=O)O.Cl. The average Bonchev–Trinajstić information content (AvgIpc) is 2.38. The van der Waals surface area contributed by atoms with Gasteiger partial charge in [0, 0.05) is 6.42 Å². The summed E-state index contributed by atoms with van der Waals surface area (Å²) >= 11 is 0. The number of unbranched alkanes of at least 4 members (excludes halogenated alkanes) is 4. The van der Waals surface area contributed by atoms with E-state index in [0.717, 1.165) is 19.3 Å². The van der Waals surface area contributed by atoms with Crippen LogP contribution in [0.5, 0.6) is 0 Å². The van der Waals surface area contributed by atoms with Gasteiger partial charge in [-0.2, -0.15) is 0 Å². The molecule has 0 aromatic heterocycles. The van der Waals surface area contributed by atoms with Crippen LogP contribution in [0.15, 0.2) is 0 Å². The summed E-state index contributed by atoms with van der Waals surface area (Å²) in [5, 5.41) is 19.1. The number of halogens is 1. The van der Waals surface area contributed by atoms with E-state index in [4.69, 9.17) is 5.11 Å². The van der Waals surface area contributed by atoms with Crippen LogP contribution in [0, 0.1) is 0 Å². The number of carboxylic acid groups (broad SMARTS) is 1. The molecule has 126 valence electrons. The van der Waals surface area contributed by atoms with Crippen LogP contribution in [0.1, 0.15) is 58.3 Å². The van der Waals surface area contributed by atoms with Crippen molar-refractivity contribution in [3.8, 4) is 0 Å². The Morgan fingerprint density at radius 1 is 1.05 bits per heavy atom. The lowest BCUT2D eigenvalue weighted by Gasteiger charge is -2.31. The van der Waals surface area contributed by atoms with Gasteiger partial charge in [-0.1, -0.05) is 32.6 Å². The molecule has 1 atom stereocenters. The average molecular weight is 325 g/mol. The summed E-state index contributed by atoms with van der Waals surface area (Å²) in [4.78, 5) is 23.9. The van der Waals surface area contributed by atoms with E-state index in [2.05, 4.69) is 6.92 Å². The van der Waals surface area contributed by atoms with Crippen molar-refractivity contribution in [2.24, 2.45) is 0 Å². The zero-order chi connectivity index (χ0) is 15.5. The first kappa shape index (κ1) is 22.4. The van der Waals surface area contributed by atoms with Crippen molar-refractivity contribution in [1.82, 2.24) is 9.96 Å². The maximum absolute atomic E-state index is 11.7. The van der Waals surface area contributed by atoms with Crippen LogP contribution >= 0.6 is 12.4 Å². The molecule has 0 aliphatic rings. The summed E-state index contributed by atoms with van der Waals surface area (Å²) in [5.74, 6) is -1.58. The molecule has 2 N–H and O–H groups in total. The Balaban J connectivity index is 0. The maximum atomic E-state index is 11.7. The van der Waals surface area contributed by atoms with Crippen molar-refractivity contribution in [2.75, 3.05) is 14.1 Å². The molecule has 0 aromatic carbocycles. The van der Waals surface area contributed by atoms with Gasteiger partial charge in [0.15, 0.2) is 0 Å². The Bertz CT molecular complexity index is 301. The summed E-state index contributed by atoms with van der Waals surface area (Å²) in [6, 6.07) is 0. The maximum Gasteiger partial charge on any atom is 0.303 e. The van der Waals surface area contributed by atoms with Crippen molar-refractivity contribution in [2.45, 2.75) is 64.5 Å². The van der Waals surface area contributed by atoms with E-state index in [1.54, 1.807) is 19.0 Å². The van der Waals surface area contributed by atoms with Gasteiger partial charge in [-0.15, -0.1) is 12.4 Å². The summed E-state index contributed by atoms with van der Waals surface area (Å²) < 4.78 is 0. The highest BCUT2D eigenvalue weighted by molar-refractivity contribution is 5.85. The number of carbonyl (C=O) groups excluding carboxylic acids is 1. The molecule has 1 amide bonds. The predicted octanol–water partition coefficient (Wildman–Crippen LogP) is 2.74. The molecule has 0 aliphatic heterocycles. The van der Waals surface area contributed by atoms with Gasteiger partial charge in [-0.3, -0.25) is 19.7 Å². The highest BCUT2D eigenvalue weighted by Crippen LogP contribution is 2.13. The fraction of sp³-hybridized carbons (Fsp3) is 0.857. The van der Waals surface area contributed by atoms with Crippen LogP contribution in [0.4, 0.5) is 0 Å². The second-order valence-corrected chi connectivity index (χ2v) is 5.28. The number of hydrogen-bond acceptors (Lipinski definition) is 4. The Morgan fingerprint density at radius 2 is 1.62 bits per heavy atom. The second kappa shape index (κ2) is 12.9. The number of hydrogen-bond donors (Lipinski definition) is 2. The summed E-state index contributed by atoms with van der Waals surface area (Å²) in [7, 11) is 3.59. The van der Waals surface area contributed by atoms with Crippen molar-refractivity contribution in [1.29, 1.82) is 0 Å². The molecule has 6 nitrogen and oxygen atoms in total. The molecule has 21 heavy (non-hydrogen) atoms. The molecular formula is C14H29ClN2O4. The summed E-state index contributed by atoms with van der Waals surface area (Å²) in [5.41, 5.74) is 0. The van der Waals surface area contributed by atoms with Gasteiger partial charge in [0.2, 0.25) is 5.91 Å². The molecule has 0 bridgehead atoms. The number of carbonyl (C=O) groups is 2. The van der Waals surface area contributed by atoms with Crippen LogP contribution in [-0.4, -0.2) is 52.4 Å². The van der Waals surface area contributed by atoms with Gasteiger partial charge < -0.3 is 5.11 Å². The van der Waals surface area contributed by atoms with Crippen LogP contribution < -0.4 is 0 Å². The van der Waals surface area contributed by atoms with Gasteiger partial charge in [0.05, 0.1) is 6.42 Å². The number of nitrogens with zero attached hydrogens (tertiary/aromatic N) is 2. The van der Waals surface area contributed by atoms with Gasteiger partial charge in [0.1, 0.15) is 6.17 Å². The first-order valence-corrected chi connectivity index (χ1v) is 7.29. The van der Waals surface area contributed by atoms with Crippen LogP contribution in [-0.2, 0) is 9.59 Å². The molecular weight excluding hydrogens is 296 g/mol. The lowest BCUT2D eigenvalue weighted by Crippen LogP contribution is -2.46. The fourth-order valence-electron chi connectivity index (χ4n) is 2.02. The van der Waals surface area contributed by atoms with Crippen molar-refractivity contribution in [3.63, 3.8) is 0 Å². The van der Waals surface area contributed by atoms with Gasteiger partial charge >= 0.3 is 5.97 Å². The molecule has 0 aromatic rings. The monoisotopic (exact) mass is 324 g/mol. The molecule has 0 rings (SSSR count). The minimum atomic E-state index is -1.03. The zero-order valence-electron chi connectivity index (χ0n) is 13.2.